The summed E-state index contributed by atoms with van der Waals surface area (Å²) in [4.78, 5) is 23.8. The predicted octanol–water partition coefficient (Wildman–Crippen LogP) is 1.02. The predicted molar refractivity (Wildman–Crippen MR) is 75.0 cm³/mol. The molecule has 1 aliphatic heterocycles. The van der Waals surface area contributed by atoms with Crippen LogP contribution >= 0.6 is 11.8 Å². The van der Waals surface area contributed by atoms with Crippen LogP contribution in [0.2, 0.25) is 0 Å². The summed E-state index contributed by atoms with van der Waals surface area (Å²) in [6.45, 7) is 0. The van der Waals surface area contributed by atoms with Gasteiger partial charge in [0.25, 0.3) is 5.91 Å². The standard InChI is InChI=1S/C13H13N3O3S/c17-11(15-13(12(18)19)4-6-20-8-13)9-7-14-16-5-2-1-3-10(9)16/h1-3,5,7H,4,6,8H2,(H,15,17)(H,18,19). The molecule has 2 N–H and O–H groups in total. The number of nitrogens with zero attached hydrogens (tertiary/aromatic N) is 2. The van der Waals surface area contributed by atoms with Crippen LogP contribution in [0.5, 0.6) is 0 Å². The van der Waals surface area contributed by atoms with Crippen molar-refractivity contribution in [3.63, 3.8) is 0 Å². The molecule has 6 nitrogen and oxygen atoms in total. The SMILES string of the molecule is O=C(NC1(C(=O)O)CCSC1)c1cnn2ccccc12. The van der Waals surface area contributed by atoms with Crippen LogP contribution in [0.15, 0.2) is 30.6 Å². The molecule has 3 rings (SSSR count). The number of hydrogen-bond donors (Lipinski definition) is 2. The maximum atomic E-state index is 12.3. The summed E-state index contributed by atoms with van der Waals surface area (Å²) < 4.78 is 1.59. The minimum atomic E-state index is -1.16. The van der Waals surface area contributed by atoms with Gasteiger partial charge in [0.2, 0.25) is 0 Å². The fraction of sp³-hybridized carbons (Fsp3) is 0.308. The molecular weight excluding hydrogens is 278 g/mol. The third-order valence-corrected chi connectivity index (χ3v) is 4.64. The van der Waals surface area contributed by atoms with Crippen molar-refractivity contribution in [2.24, 2.45) is 0 Å². The van der Waals surface area contributed by atoms with E-state index in [0.29, 0.717) is 23.3 Å². The van der Waals surface area contributed by atoms with Gasteiger partial charge in [-0.2, -0.15) is 16.9 Å². The second kappa shape index (κ2) is 4.82. The highest BCUT2D eigenvalue weighted by molar-refractivity contribution is 7.99. The number of thioether (sulfide) groups is 1. The number of carbonyl (C=O) groups excluding carboxylic acids is 1. The fourth-order valence-corrected chi connectivity index (χ4v) is 3.61. The van der Waals surface area contributed by atoms with Gasteiger partial charge in [0.1, 0.15) is 5.54 Å². The van der Waals surface area contributed by atoms with Crippen LogP contribution in [0.1, 0.15) is 16.8 Å². The average Bonchev–Trinajstić information content (AvgIpc) is 3.05. The van der Waals surface area contributed by atoms with E-state index in [2.05, 4.69) is 10.4 Å². The van der Waals surface area contributed by atoms with E-state index >= 15 is 0 Å². The highest BCUT2D eigenvalue weighted by Crippen LogP contribution is 2.28. The Labute approximate surface area is 119 Å². The van der Waals surface area contributed by atoms with Gasteiger partial charge in [-0.1, -0.05) is 6.07 Å². The van der Waals surface area contributed by atoms with E-state index in [0.717, 1.165) is 5.75 Å². The molecular formula is C13H13N3O3S. The highest BCUT2D eigenvalue weighted by atomic mass is 32.2. The van der Waals surface area contributed by atoms with Crippen molar-refractivity contribution in [3.05, 3.63) is 36.2 Å². The first kappa shape index (κ1) is 13.0. The zero-order valence-corrected chi connectivity index (χ0v) is 11.4. The molecule has 1 aliphatic rings. The summed E-state index contributed by atoms with van der Waals surface area (Å²) in [7, 11) is 0. The molecule has 1 amide bonds. The molecule has 3 heterocycles. The zero-order valence-electron chi connectivity index (χ0n) is 10.6. The van der Waals surface area contributed by atoms with Gasteiger partial charge in [-0.25, -0.2) is 9.31 Å². The van der Waals surface area contributed by atoms with Crippen molar-refractivity contribution in [1.29, 1.82) is 0 Å². The molecule has 1 fully saturated rings. The lowest BCUT2D eigenvalue weighted by atomic mass is 9.98. The Hall–Kier alpha value is -2.02. The molecule has 20 heavy (non-hydrogen) atoms. The molecule has 0 spiro atoms. The quantitative estimate of drug-likeness (QED) is 0.882. The molecule has 0 aromatic carbocycles. The Morgan fingerprint density at radius 3 is 3.00 bits per heavy atom. The number of pyridine rings is 1. The number of rotatable bonds is 3. The van der Waals surface area contributed by atoms with Gasteiger partial charge in [-0.05, 0) is 24.3 Å². The smallest absolute Gasteiger partial charge is 0.330 e. The van der Waals surface area contributed by atoms with Gasteiger partial charge in [0, 0.05) is 11.9 Å². The first-order chi connectivity index (χ1) is 9.62. The van der Waals surface area contributed by atoms with E-state index in [4.69, 9.17) is 0 Å². The minimum absolute atomic E-state index is 0.392. The molecule has 104 valence electrons. The van der Waals surface area contributed by atoms with Crippen LogP contribution in [-0.4, -0.2) is 43.6 Å². The summed E-state index contributed by atoms with van der Waals surface area (Å²) in [5.41, 5.74) is -0.107. The van der Waals surface area contributed by atoms with Crippen molar-refractivity contribution < 1.29 is 14.7 Å². The molecule has 0 aliphatic carbocycles. The molecule has 7 heteroatoms. The van der Waals surface area contributed by atoms with E-state index in [1.165, 1.54) is 18.0 Å². The van der Waals surface area contributed by atoms with Gasteiger partial charge in [0.15, 0.2) is 0 Å². The topological polar surface area (TPSA) is 83.7 Å². The molecule has 0 bridgehead atoms. The third kappa shape index (κ3) is 2.03. The monoisotopic (exact) mass is 291 g/mol. The number of carboxylic acids is 1. The lowest BCUT2D eigenvalue weighted by Gasteiger charge is -2.24. The summed E-state index contributed by atoms with van der Waals surface area (Å²) in [5.74, 6) is -0.238. The fourth-order valence-electron chi connectivity index (χ4n) is 2.28. The lowest BCUT2D eigenvalue weighted by Crippen LogP contribution is -2.54. The zero-order chi connectivity index (χ0) is 14.2. The first-order valence-corrected chi connectivity index (χ1v) is 7.34. The third-order valence-electron chi connectivity index (χ3n) is 3.45. The summed E-state index contributed by atoms with van der Waals surface area (Å²) >= 11 is 1.54. The van der Waals surface area contributed by atoms with E-state index in [1.54, 1.807) is 16.8 Å². The second-order valence-corrected chi connectivity index (χ2v) is 5.84. The van der Waals surface area contributed by atoms with Crippen LogP contribution < -0.4 is 5.32 Å². The normalized spacial score (nSPS) is 22.0. The Morgan fingerprint density at radius 1 is 1.45 bits per heavy atom. The van der Waals surface area contributed by atoms with Crippen LogP contribution in [-0.2, 0) is 4.79 Å². The van der Waals surface area contributed by atoms with Gasteiger partial charge >= 0.3 is 5.97 Å². The van der Waals surface area contributed by atoms with Crippen LogP contribution in [0, 0.1) is 0 Å². The number of amides is 1. The van der Waals surface area contributed by atoms with Crippen molar-refractivity contribution in [3.8, 4) is 0 Å². The Kier molecular flexibility index (Phi) is 3.13. The van der Waals surface area contributed by atoms with Gasteiger partial charge in [-0.15, -0.1) is 0 Å². The molecule has 0 saturated carbocycles. The largest absolute Gasteiger partial charge is 0.479 e. The summed E-state index contributed by atoms with van der Waals surface area (Å²) in [5, 5.41) is 16.1. The molecule has 2 aromatic heterocycles. The van der Waals surface area contributed by atoms with E-state index in [1.807, 2.05) is 12.1 Å². The number of nitrogens with one attached hydrogen (secondary N) is 1. The van der Waals surface area contributed by atoms with Crippen LogP contribution in [0.4, 0.5) is 0 Å². The highest BCUT2D eigenvalue weighted by Gasteiger charge is 2.43. The molecule has 1 saturated heterocycles. The number of carbonyl (C=O) groups is 2. The number of aromatic nitrogens is 2. The Bertz CT molecular complexity index is 676. The van der Waals surface area contributed by atoms with Crippen molar-refractivity contribution in [2.75, 3.05) is 11.5 Å². The molecule has 1 unspecified atom stereocenters. The van der Waals surface area contributed by atoms with Gasteiger partial charge in [-0.3, -0.25) is 4.79 Å². The molecule has 2 aromatic rings. The van der Waals surface area contributed by atoms with E-state index < -0.39 is 17.4 Å². The molecule has 0 radical (unpaired) electrons. The summed E-state index contributed by atoms with van der Waals surface area (Å²) in [6.07, 6.45) is 3.64. The average molecular weight is 291 g/mol. The minimum Gasteiger partial charge on any atom is -0.479 e. The maximum absolute atomic E-state index is 12.3. The van der Waals surface area contributed by atoms with Gasteiger partial charge in [0.05, 0.1) is 17.3 Å². The Balaban J connectivity index is 1.91. The second-order valence-electron chi connectivity index (χ2n) is 4.73. The van der Waals surface area contributed by atoms with Crippen molar-refractivity contribution in [1.82, 2.24) is 14.9 Å². The lowest BCUT2D eigenvalue weighted by molar-refractivity contribution is -0.143. The van der Waals surface area contributed by atoms with Crippen molar-refractivity contribution in [2.45, 2.75) is 12.0 Å². The number of fused-ring (bicyclic) bond motifs is 1. The van der Waals surface area contributed by atoms with Crippen molar-refractivity contribution >= 4 is 29.2 Å². The maximum Gasteiger partial charge on any atom is 0.330 e. The van der Waals surface area contributed by atoms with E-state index in [-0.39, 0.29) is 0 Å². The van der Waals surface area contributed by atoms with E-state index in [9.17, 15) is 14.7 Å². The number of carboxylic acid groups (broad SMARTS) is 1. The van der Waals surface area contributed by atoms with Crippen LogP contribution in [0.25, 0.3) is 5.52 Å². The summed E-state index contributed by atoms with van der Waals surface area (Å²) in [6, 6.07) is 5.40. The Morgan fingerprint density at radius 2 is 2.30 bits per heavy atom. The molecule has 1 atom stereocenters. The first-order valence-electron chi connectivity index (χ1n) is 6.18. The number of hydrogen-bond acceptors (Lipinski definition) is 4. The number of aliphatic carboxylic acids is 1. The van der Waals surface area contributed by atoms with Crippen LogP contribution in [0.3, 0.4) is 0 Å². The van der Waals surface area contributed by atoms with Gasteiger partial charge < -0.3 is 10.4 Å².